The van der Waals surface area contributed by atoms with Crippen LogP contribution in [0.5, 0.6) is 5.75 Å². The third kappa shape index (κ3) is 6.99. The van der Waals surface area contributed by atoms with Gasteiger partial charge in [0.05, 0.1) is 19.1 Å². The summed E-state index contributed by atoms with van der Waals surface area (Å²) in [5.74, 6) is -0.436. The molecule has 2 amide bonds. The first-order valence-electron chi connectivity index (χ1n) is 10.1. The van der Waals surface area contributed by atoms with E-state index >= 15 is 0 Å². The van der Waals surface area contributed by atoms with Crippen molar-refractivity contribution in [1.29, 1.82) is 0 Å². The van der Waals surface area contributed by atoms with E-state index in [-0.39, 0.29) is 18.1 Å². The number of hydrogen-bond acceptors (Lipinski definition) is 5. The lowest BCUT2D eigenvalue weighted by Gasteiger charge is -2.31. The summed E-state index contributed by atoms with van der Waals surface area (Å²) in [5.41, 5.74) is 0.744. The van der Waals surface area contributed by atoms with Gasteiger partial charge in [0.15, 0.2) is 0 Å². The largest absolute Gasteiger partial charge is 0.497 e. The van der Waals surface area contributed by atoms with Crippen LogP contribution in [0.15, 0.2) is 42.5 Å². The van der Waals surface area contributed by atoms with Crippen molar-refractivity contribution < 1.29 is 22.7 Å². The predicted octanol–water partition coefficient (Wildman–Crippen LogP) is 3.32. The van der Waals surface area contributed by atoms with E-state index in [9.17, 15) is 18.0 Å². The van der Waals surface area contributed by atoms with Crippen molar-refractivity contribution in [2.75, 3.05) is 30.8 Å². The molecular formula is C22H27Cl2N3O5S. The van der Waals surface area contributed by atoms with Gasteiger partial charge in [0.25, 0.3) is 0 Å². The first-order valence-corrected chi connectivity index (χ1v) is 12.7. The molecule has 0 aliphatic heterocycles. The monoisotopic (exact) mass is 515 g/mol. The average Bonchev–Trinajstić information content (AvgIpc) is 2.76. The maximum Gasteiger partial charge on any atom is 0.244 e. The third-order valence-corrected chi connectivity index (χ3v) is 6.80. The quantitative estimate of drug-likeness (QED) is 0.523. The van der Waals surface area contributed by atoms with E-state index in [1.807, 2.05) is 0 Å². The Labute approximate surface area is 204 Å². The number of amides is 2. The summed E-state index contributed by atoms with van der Waals surface area (Å²) in [6.45, 7) is 3.11. The summed E-state index contributed by atoms with van der Waals surface area (Å²) in [4.78, 5) is 27.2. The molecule has 0 aliphatic rings. The van der Waals surface area contributed by atoms with Crippen molar-refractivity contribution in [2.24, 2.45) is 0 Å². The van der Waals surface area contributed by atoms with E-state index in [4.69, 9.17) is 27.9 Å². The van der Waals surface area contributed by atoms with E-state index in [1.54, 1.807) is 44.2 Å². The second-order valence-corrected chi connectivity index (χ2v) is 9.98. The molecule has 0 saturated heterocycles. The minimum atomic E-state index is -3.82. The van der Waals surface area contributed by atoms with Gasteiger partial charge in [-0.15, -0.1) is 0 Å². The van der Waals surface area contributed by atoms with Crippen LogP contribution in [-0.2, 0) is 26.2 Å². The highest BCUT2D eigenvalue weighted by Gasteiger charge is 2.30. The fraction of sp³-hybridized carbons (Fsp3) is 0.364. The van der Waals surface area contributed by atoms with Crippen LogP contribution >= 0.6 is 23.2 Å². The molecule has 1 atom stereocenters. The van der Waals surface area contributed by atoms with Crippen LogP contribution < -0.4 is 14.4 Å². The van der Waals surface area contributed by atoms with Gasteiger partial charge in [0.1, 0.15) is 18.3 Å². The number of hydrogen-bond donors (Lipinski definition) is 1. The van der Waals surface area contributed by atoms with Crippen molar-refractivity contribution in [3.8, 4) is 5.75 Å². The summed E-state index contributed by atoms with van der Waals surface area (Å²) in [7, 11) is -2.33. The van der Waals surface area contributed by atoms with E-state index < -0.39 is 28.5 Å². The molecule has 0 heterocycles. The Morgan fingerprint density at radius 3 is 2.15 bits per heavy atom. The molecule has 2 aromatic carbocycles. The van der Waals surface area contributed by atoms with Crippen molar-refractivity contribution in [3.05, 3.63) is 58.1 Å². The fourth-order valence-corrected chi connectivity index (χ4v) is 4.49. The highest BCUT2D eigenvalue weighted by Crippen LogP contribution is 2.27. The fourth-order valence-electron chi connectivity index (χ4n) is 3.12. The van der Waals surface area contributed by atoms with Gasteiger partial charge in [0.2, 0.25) is 21.8 Å². The molecule has 0 radical (unpaired) electrons. The second-order valence-electron chi connectivity index (χ2n) is 7.26. The molecule has 0 unspecified atom stereocenters. The molecule has 8 nitrogen and oxygen atoms in total. The lowest BCUT2D eigenvalue weighted by Crippen LogP contribution is -2.51. The first kappa shape index (κ1) is 26.8. The summed E-state index contributed by atoms with van der Waals surface area (Å²) in [6.07, 6.45) is 1.01. The van der Waals surface area contributed by atoms with Crippen LogP contribution in [0.1, 0.15) is 19.4 Å². The number of sulfonamides is 1. The highest BCUT2D eigenvalue weighted by molar-refractivity contribution is 7.92. The Balaban J connectivity index is 2.43. The Morgan fingerprint density at radius 1 is 1.09 bits per heavy atom. The number of anilines is 1. The molecule has 2 rings (SSSR count). The Hall–Kier alpha value is -2.49. The van der Waals surface area contributed by atoms with Gasteiger partial charge < -0.3 is 15.0 Å². The molecule has 2 aromatic rings. The predicted molar refractivity (Wildman–Crippen MR) is 130 cm³/mol. The summed E-state index contributed by atoms with van der Waals surface area (Å²) in [5, 5.41) is 3.34. The van der Waals surface area contributed by atoms with Crippen LogP contribution in [0.2, 0.25) is 10.0 Å². The maximum atomic E-state index is 13.4. The Bertz CT molecular complexity index is 1070. The van der Waals surface area contributed by atoms with Crippen molar-refractivity contribution in [3.63, 3.8) is 0 Å². The molecule has 0 aromatic heterocycles. The molecule has 11 heteroatoms. The van der Waals surface area contributed by atoms with Gasteiger partial charge in [0, 0.05) is 28.7 Å². The molecular weight excluding hydrogens is 489 g/mol. The number of ether oxygens (including phenoxy) is 1. The molecule has 0 fully saturated rings. The van der Waals surface area contributed by atoms with Gasteiger partial charge in [-0.25, -0.2) is 8.42 Å². The average molecular weight is 516 g/mol. The van der Waals surface area contributed by atoms with E-state index in [0.717, 1.165) is 10.6 Å². The highest BCUT2D eigenvalue weighted by atomic mass is 35.5. The zero-order valence-electron chi connectivity index (χ0n) is 18.8. The van der Waals surface area contributed by atoms with Gasteiger partial charge in [-0.05, 0) is 50.2 Å². The normalized spacial score (nSPS) is 12.1. The lowest BCUT2D eigenvalue weighted by atomic mass is 10.1. The zero-order valence-corrected chi connectivity index (χ0v) is 21.2. The van der Waals surface area contributed by atoms with Crippen LogP contribution in [-0.4, -0.2) is 57.6 Å². The topological polar surface area (TPSA) is 96.0 Å². The van der Waals surface area contributed by atoms with E-state index in [2.05, 4.69) is 5.32 Å². The van der Waals surface area contributed by atoms with Crippen molar-refractivity contribution in [1.82, 2.24) is 10.2 Å². The maximum absolute atomic E-state index is 13.4. The number of carbonyl (C=O) groups excluding carboxylic acids is 2. The summed E-state index contributed by atoms with van der Waals surface area (Å²) in [6, 6.07) is 10.3. The first-order chi connectivity index (χ1) is 15.5. The third-order valence-electron chi connectivity index (χ3n) is 4.95. The molecule has 33 heavy (non-hydrogen) atoms. The van der Waals surface area contributed by atoms with Gasteiger partial charge >= 0.3 is 0 Å². The standard InChI is InChI=1S/C22H27Cl2N3O5S/c1-5-25-22(29)15(2)26(13-18-19(23)7-6-8-20(18)24)21(28)14-27(33(4,30)31)16-9-11-17(32-3)12-10-16/h6-12,15H,5,13-14H2,1-4H3,(H,25,29)/t15-/m0/s1. The van der Waals surface area contributed by atoms with Gasteiger partial charge in [-0.2, -0.15) is 0 Å². The molecule has 0 spiro atoms. The Morgan fingerprint density at radius 2 is 1.67 bits per heavy atom. The molecule has 0 bridgehead atoms. The Kier molecular flexibility index (Phi) is 9.39. The van der Waals surface area contributed by atoms with E-state index in [1.165, 1.54) is 24.1 Å². The van der Waals surface area contributed by atoms with Crippen molar-refractivity contribution in [2.45, 2.75) is 26.4 Å². The smallest absolute Gasteiger partial charge is 0.244 e. The number of benzene rings is 2. The van der Waals surface area contributed by atoms with Gasteiger partial charge in [-0.3, -0.25) is 13.9 Å². The minimum absolute atomic E-state index is 0.0736. The molecule has 180 valence electrons. The van der Waals surface area contributed by atoms with E-state index in [0.29, 0.717) is 27.9 Å². The molecule has 1 N–H and O–H groups in total. The minimum Gasteiger partial charge on any atom is -0.497 e. The molecule has 0 aliphatic carbocycles. The number of halogens is 2. The zero-order chi connectivity index (χ0) is 24.8. The number of likely N-dealkylation sites (N-methyl/N-ethyl adjacent to an activating group) is 1. The summed E-state index contributed by atoms with van der Waals surface area (Å²) < 4.78 is 31.1. The van der Waals surface area contributed by atoms with Crippen LogP contribution in [0.3, 0.4) is 0 Å². The number of carbonyl (C=O) groups is 2. The summed E-state index contributed by atoms with van der Waals surface area (Å²) >= 11 is 12.6. The van der Waals surface area contributed by atoms with Crippen molar-refractivity contribution >= 4 is 50.7 Å². The molecule has 0 saturated carbocycles. The number of rotatable bonds is 10. The second kappa shape index (κ2) is 11.6. The number of nitrogens with one attached hydrogen (secondary N) is 1. The van der Waals surface area contributed by atoms with Crippen LogP contribution in [0.4, 0.5) is 5.69 Å². The number of nitrogens with zero attached hydrogens (tertiary/aromatic N) is 2. The van der Waals surface area contributed by atoms with Crippen LogP contribution in [0, 0.1) is 0 Å². The van der Waals surface area contributed by atoms with Crippen LogP contribution in [0.25, 0.3) is 0 Å². The SMILES string of the molecule is CCNC(=O)[C@H](C)N(Cc1c(Cl)cccc1Cl)C(=O)CN(c1ccc(OC)cc1)S(C)(=O)=O. The van der Waals surface area contributed by atoms with Gasteiger partial charge in [-0.1, -0.05) is 29.3 Å². The lowest BCUT2D eigenvalue weighted by molar-refractivity contribution is -0.139. The number of methoxy groups -OCH3 is 1.